The Balaban J connectivity index is 1.62. The zero-order valence-electron chi connectivity index (χ0n) is 13.7. The fourth-order valence-corrected chi connectivity index (χ4v) is 2.63. The average Bonchev–Trinajstić information content (AvgIpc) is 2.64. The van der Waals surface area contributed by atoms with Crippen molar-refractivity contribution in [3.05, 3.63) is 87.1 Å². The maximum Gasteiger partial charge on any atom is 0.253 e. The minimum absolute atomic E-state index is 0.207. The van der Waals surface area contributed by atoms with Gasteiger partial charge in [-0.3, -0.25) is 14.2 Å². The summed E-state index contributed by atoms with van der Waals surface area (Å²) in [6, 6.07) is 14.2. The van der Waals surface area contributed by atoms with Gasteiger partial charge in [0.25, 0.3) is 11.5 Å². The van der Waals surface area contributed by atoms with E-state index in [2.05, 4.69) is 26.2 Å². The average molecular weight is 416 g/mol. The van der Waals surface area contributed by atoms with Crippen LogP contribution in [0.4, 0.5) is 4.39 Å². The summed E-state index contributed by atoms with van der Waals surface area (Å²) in [5.41, 5.74) is 1.45. The molecule has 0 aliphatic carbocycles. The van der Waals surface area contributed by atoms with Crippen molar-refractivity contribution in [2.45, 2.75) is 6.54 Å². The maximum atomic E-state index is 13.0. The van der Waals surface area contributed by atoms with Gasteiger partial charge in [-0.1, -0.05) is 15.9 Å². The highest BCUT2D eigenvalue weighted by atomic mass is 79.9. The molecule has 0 aliphatic rings. The Hall–Kier alpha value is -2.80. The Morgan fingerprint density at radius 2 is 1.81 bits per heavy atom. The molecule has 0 atom stereocenters. The van der Waals surface area contributed by atoms with Gasteiger partial charge in [0.2, 0.25) is 0 Å². The minimum Gasteiger partial charge on any atom is -0.350 e. The summed E-state index contributed by atoms with van der Waals surface area (Å²) in [6.07, 6.45) is 1.42. The van der Waals surface area contributed by atoms with Gasteiger partial charge in [0.15, 0.2) is 0 Å². The molecule has 3 aromatic rings. The van der Waals surface area contributed by atoms with Crippen molar-refractivity contribution in [1.29, 1.82) is 0 Å². The number of carbonyl (C=O) groups excluding carboxylic acids is 1. The Labute approximate surface area is 157 Å². The van der Waals surface area contributed by atoms with Crippen LogP contribution in [0.1, 0.15) is 10.4 Å². The Bertz CT molecular complexity index is 969. The molecule has 1 amide bonds. The minimum atomic E-state index is -0.344. The van der Waals surface area contributed by atoms with E-state index in [4.69, 9.17) is 0 Å². The monoisotopic (exact) mass is 415 g/mol. The summed E-state index contributed by atoms with van der Waals surface area (Å²) < 4.78 is 15.3. The van der Waals surface area contributed by atoms with Gasteiger partial charge in [-0.2, -0.15) is 0 Å². The van der Waals surface area contributed by atoms with Gasteiger partial charge < -0.3 is 5.32 Å². The highest BCUT2D eigenvalue weighted by molar-refractivity contribution is 9.10. The van der Waals surface area contributed by atoms with E-state index in [0.29, 0.717) is 29.9 Å². The van der Waals surface area contributed by atoms with E-state index in [9.17, 15) is 14.0 Å². The van der Waals surface area contributed by atoms with Crippen LogP contribution in [0.3, 0.4) is 0 Å². The fraction of sp³-hybridized carbons (Fsp3) is 0.105. The van der Waals surface area contributed by atoms with E-state index in [-0.39, 0.29) is 17.3 Å². The lowest BCUT2D eigenvalue weighted by Gasteiger charge is -2.08. The normalized spacial score (nSPS) is 10.5. The number of amides is 1. The van der Waals surface area contributed by atoms with Gasteiger partial charge in [0.05, 0.1) is 12.0 Å². The van der Waals surface area contributed by atoms with Crippen molar-refractivity contribution in [2.75, 3.05) is 6.54 Å². The number of carbonyl (C=O) groups is 1. The van der Waals surface area contributed by atoms with E-state index in [1.165, 1.54) is 29.1 Å². The lowest BCUT2D eigenvalue weighted by Crippen LogP contribution is -2.30. The van der Waals surface area contributed by atoms with Gasteiger partial charge in [0.1, 0.15) is 5.82 Å². The molecule has 5 nitrogen and oxygen atoms in total. The second-order valence-electron chi connectivity index (χ2n) is 5.58. The molecule has 132 valence electrons. The van der Waals surface area contributed by atoms with Gasteiger partial charge in [-0.15, -0.1) is 0 Å². The number of hydrogen-bond donors (Lipinski definition) is 1. The molecule has 0 radical (unpaired) electrons. The smallest absolute Gasteiger partial charge is 0.253 e. The summed E-state index contributed by atoms with van der Waals surface area (Å²) in [5, 5.41) is 2.76. The van der Waals surface area contributed by atoms with Crippen LogP contribution in [-0.4, -0.2) is 22.0 Å². The molecule has 0 fully saturated rings. The summed E-state index contributed by atoms with van der Waals surface area (Å²) in [4.78, 5) is 28.5. The zero-order valence-corrected chi connectivity index (χ0v) is 15.2. The Kier molecular flexibility index (Phi) is 5.58. The summed E-state index contributed by atoms with van der Waals surface area (Å²) in [5.74, 6) is -0.551. The van der Waals surface area contributed by atoms with E-state index in [1.54, 1.807) is 36.4 Å². The third kappa shape index (κ3) is 4.43. The highest BCUT2D eigenvalue weighted by Gasteiger charge is 2.06. The lowest BCUT2D eigenvalue weighted by atomic mass is 10.1. The quantitative estimate of drug-likeness (QED) is 0.695. The van der Waals surface area contributed by atoms with Crippen molar-refractivity contribution in [1.82, 2.24) is 14.9 Å². The molecule has 0 spiro atoms. The maximum absolute atomic E-state index is 13.0. The third-order valence-electron chi connectivity index (χ3n) is 3.76. The molecule has 0 unspecified atom stereocenters. The predicted octanol–water partition coefficient (Wildman–Crippen LogP) is 3.24. The number of nitrogens with one attached hydrogen (secondary N) is 1. The largest absolute Gasteiger partial charge is 0.350 e. The molecule has 1 aromatic heterocycles. The van der Waals surface area contributed by atoms with Gasteiger partial charge >= 0.3 is 0 Å². The molecule has 0 aliphatic heterocycles. The molecule has 0 bridgehead atoms. The van der Waals surface area contributed by atoms with Crippen LogP contribution in [0.5, 0.6) is 0 Å². The van der Waals surface area contributed by atoms with E-state index in [1.807, 2.05) is 0 Å². The first-order valence-electron chi connectivity index (χ1n) is 7.89. The number of rotatable bonds is 5. The molecule has 1 heterocycles. The first kappa shape index (κ1) is 18.0. The summed E-state index contributed by atoms with van der Waals surface area (Å²) in [7, 11) is 0. The van der Waals surface area contributed by atoms with Gasteiger partial charge in [-0.05, 0) is 48.5 Å². The number of benzene rings is 2. The summed E-state index contributed by atoms with van der Waals surface area (Å²) in [6.45, 7) is 0.601. The molecule has 26 heavy (non-hydrogen) atoms. The van der Waals surface area contributed by atoms with Crippen molar-refractivity contribution in [3.63, 3.8) is 0 Å². The van der Waals surface area contributed by atoms with Crippen LogP contribution < -0.4 is 10.9 Å². The molecule has 7 heteroatoms. The molecule has 0 saturated carbocycles. The zero-order chi connectivity index (χ0) is 18.5. The Morgan fingerprint density at radius 3 is 2.46 bits per heavy atom. The van der Waals surface area contributed by atoms with Gasteiger partial charge in [-0.25, -0.2) is 9.37 Å². The first-order chi connectivity index (χ1) is 12.5. The Morgan fingerprint density at radius 1 is 1.12 bits per heavy atom. The van der Waals surface area contributed by atoms with Crippen LogP contribution in [0.25, 0.3) is 11.3 Å². The lowest BCUT2D eigenvalue weighted by molar-refractivity contribution is 0.0952. The van der Waals surface area contributed by atoms with Crippen molar-refractivity contribution < 1.29 is 9.18 Å². The second kappa shape index (κ2) is 8.05. The second-order valence-corrected chi connectivity index (χ2v) is 6.49. The van der Waals surface area contributed by atoms with E-state index >= 15 is 0 Å². The number of hydrogen-bond acceptors (Lipinski definition) is 3. The van der Waals surface area contributed by atoms with Crippen molar-refractivity contribution in [3.8, 4) is 11.3 Å². The molecular weight excluding hydrogens is 401 g/mol. The van der Waals surface area contributed by atoms with Crippen molar-refractivity contribution in [2.24, 2.45) is 0 Å². The van der Waals surface area contributed by atoms with Crippen LogP contribution in [0.2, 0.25) is 0 Å². The molecule has 3 rings (SSSR count). The van der Waals surface area contributed by atoms with Gasteiger partial charge in [0, 0.05) is 34.8 Å². The number of aromatic nitrogens is 2. The third-order valence-corrected chi connectivity index (χ3v) is 4.29. The summed E-state index contributed by atoms with van der Waals surface area (Å²) >= 11 is 3.32. The molecule has 2 aromatic carbocycles. The van der Waals surface area contributed by atoms with E-state index in [0.717, 1.165) is 4.47 Å². The molecule has 0 saturated heterocycles. The van der Waals surface area contributed by atoms with Crippen LogP contribution in [0.15, 0.2) is 70.2 Å². The SMILES string of the molecule is O=C(NCCn1cnc(-c2ccc(F)cc2)cc1=O)c1ccc(Br)cc1. The standard InChI is InChI=1S/C19H15BrFN3O2/c20-15-5-1-14(2-6-15)19(26)22-9-10-24-12-23-17(11-18(24)25)13-3-7-16(21)8-4-13/h1-8,11-12H,9-10H2,(H,22,26). The van der Waals surface area contributed by atoms with Crippen LogP contribution >= 0.6 is 15.9 Å². The fourth-order valence-electron chi connectivity index (χ4n) is 2.37. The van der Waals surface area contributed by atoms with E-state index < -0.39 is 0 Å². The van der Waals surface area contributed by atoms with Crippen LogP contribution in [-0.2, 0) is 6.54 Å². The predicted molar refractivity (Wildman–Crippen MR) is 100 cm³/mol. The topological polar surface area (TPSA) is 64.0 Å². The van der Waals surface area contributed by atoms with Crippen LogP contribution in [0, 0.1) is 5.82 Å². The number of nitrogens with zero attached hydrogens (tertiary/aromatic N) is 2. The first-order valence-corrected chi connectivity index (χ1v) is 8.68. The highest BCUT2D eigenvalue weighted by Crippen LogP contribution is 2.15. The van der Waals surface area contributed by atoms with Crippen molar-refractivity contribution >= 4 is 21.8 Å². The molecule has 1 N–H and O–H groups in total. The number of halogens is 2. The molecular formula is C19H15BrFN3O2.